The zero-order valence-electron chi connectivity index (χ0n) is 7.72. The SMILES string of the molecule is CCCCCCC(C)OS(=O)Cl. The van der Waals surface area contributed by atoms with Gasteiger partial charge in [-0.15, -0.1) is 0 Å². The van der Waals surface area contributed by atoms with Crippen molar-refractivity contribution in [2.24, 2.45) is 0 Å². The number of rotatable bonds is 7. The summed E-state index contributed by atoms with van der Waals surface area (Å²) in [6.45, 7) is 4.07. The maximum Gasteiger partial charge on any atom is 0.256 e. The number of halogens is 1. The van der Waals surface area contributed by atoms with Crippen molar-refractivity contribution in [1.29, 1.82) is 0 Å². The van der Waals surface area contributed by atoms with Crippen LogP contribution in [-0.4, -0.2) is 10.3 Å². The summed E-state index contributed by atoms with van der Waals surface area (Å²) in [5.41, 5.74) is 0. The van der Waals surface area contributed by atoms with Gasteiger partial charge in [0.15, 0.2) is 0 Å². The van der Waals surface area contributed by atoms with Crippen LogP contribution in [0.25, 0.3) is 0 Å². The van der Waals surface area contributed by atoms with Gasteiger partial charge in [-0.1, -0.05) is 32.6 Å². The Bertz CT molecular complexity index is 130. The highest BCUT2D eigenvalue weighted by Crippen LogP contribution is 2.09. The van der Waals surface area contributed by atoms with Gasteiger partial charge in [0, 0.05) is 10.7 Å². The monoisotopic (exact) mass is 212 g/mol. The van der Waals surface area contributed by atoms with Crippen LogP contribution in [-0.2, 0) is 14.5 Å². The summed E-state index contributed by atoms with van der Waals surface area (Å²) in [5.74, 6) is 0. The number of unbranched alkanes of at least 4 members (excludes halogenated alkanes) is 3. The average Bonchev–Trinajstić information content (AvgIpc) is 1.97. The van der Waals surface area contributed by atoms with Gasteiger partial charge in [-0.3, -0.25) is 4.18 Å². The third-order valence-electron chi connectivity index (χ3n) is 1.70. The van der Waals surface area contributed by atoms with Gasteiger partial charge in [-0.2, -0.15) is 0 Å². The quantitative estimate of drug-likeness (QED) is 0.479. The molecule has 0 aliphatic rings. The average molecular weight is 213 g/mol. The van der Waals surface area contributed by atoms with Crippen molar-refractivity contribution in [1.82, 2.24) is 0 Å². The van der Waals surface area contributed by atoms with Gasteiger partial charge >= 0.3 is 0 Å². The van der Waals surface area contributed by atoms with Crippen LogP contribution in [0.2, 0.25) is 0 Å². The Hall–Kier alpha value is 0.400. The van der Waals surface area contributed by atoms with Crippen molar-refractivity contribution < 1.29 is 8.39 Å². The van der Waals surface area contributed by atoms with Crippen LogP contribution >= 0.6 is 10.7 Å². The molecule has 0 fully saturated rings. The van der Waals surface area contributed by atoms with Crippen molar-refractivity contribution in [2.45, 2.75) is 52.1 Å². The van der Waals surface area contributed by atoms with Crippen molar-refractivity contribution in [3.63, 3.8) is 0 Å². The lowest BCUT2D eigenvalue weighted by Crippen LogP contribution is -2.06. The van der Waals surface area contributed by atoms with Crippen LogP contribution in [0, 0.1) is 0 Å². The minimum absolute atomic E-state index is 0.0141. The molecule has 0 aliphatic carbocycles. The lowest BCUT2D eigenvalue weighted by molar-refractivity contribution is 0.235. The molecular weight excluding hydrogens is 196 g/mol. The molecule has 2 atom stereocenters. The van der Waals surface area contributed by atoms with Crippen LogP contribution in [0.5, 0.6) is 0 Å². The highest BCUT2D eigenvalue weighted by molar-refractivity contribution is 8.04. The molecule has 12 heavy (non-hydrogen) atoms. The second-order valence-corrected chi connectivity index (χ2v) is 4.29. The fraction of sp³-hybridized carbons (Fsp3) is 1.00. The first-order chi connectivity index (χ1) is 5.66. The second kappa shape index (κ2) is 8.02. The molecule has 0 radical (unpaired) electrons. The van der Waals surface area contributed by atoms with Crippen LogP contribution < -0.4 is 0 Å². The molecule has 0 aromatic rings. The predicted octanol–water partition coefficient (Wildman–Crippen LogP) is 3.18. The van der Waals surface area contributed by atoms with Gasteiger partial charge in [0.2, 0.25) is 0 Å². The first kappa shape index (κ1) is 12.4. The van der Waals surface area contributed by atoms with Crippen LogP contribution in [0.3, 0.4) is 0 Å². The first-order valence-corrected chi connectivity index (χ1v) is 6.32. The minimum atomic E-state index is -1.63. The Labute approximate surface area is 81.8 Å². The van der Waals surface area contributed by atoms with E-state index in [4.69, 9.17) is 14.9 Å². The molecule has 0 aromatic heterocycles. The number of hydrogen-bond donors (Lipinski definition) is 0. The second-order valence-electron chi connectivity index (χ2n) is 2.95. The summed E-state index contributed by atoms with van der Waals surface area (Å²) in [5, 5.41) is 0. The molecule has 2 unspecified atom stereocenters. The topological polar surface area (TPSA) is 26.3 Å². The first-order valence-electron chi connectivity index (χ1n) is 4.42. The Morgan fingerprint density at radius 3 is 2.58 bits per heavy atom. The Morgan fingerprint density at radius 1 is 1.42 bits per heavy atom. The molecule has 0 aliphatic heterocycles. The van der Waals surface area contributed by atoms with E-state index in [2.05, 4.69) is 6.92 Å². The van der Waals surface area contributed by atoms with E-state index in [0.29, 0.717) is 0 Å². The maximum absolute atomic E-state index is 10.4. The molecule has 0 saturated heterocycles. The summed E-state index contributed by atoms with van der Waals surface area (Å²) < 4.78 is 15.3. The van der Waals surface area contributed by atoms with E-state index < -0.39 is 10.3 Å². The third-order valence-corrected chi connectivity index (χ3v) is 2.40. The van der Waals surface area contributed by atoms with E-state index in [9.17, 15) is 4.21 Å². The van der Waals surface area contributed by atoms with Crippen molar-refractivity contribution >= 4 is 21.0 Å². The van der Waals surface area contributed by atoms with E-state index in [1.807, 2.05) is 6.92 Å². The molecule has 2 nitrogen and oxygen atoms in total. The molecule has 0 amide bonds. The zero-order valence-corrected chi connectivity index (χ0v) is 9.29. The standard InChI is InChI=1S/C8H17ClO2S/c1-3-4-5-6-7-8(2)11-12(9)10/h8H,3-7H2,1-2H3. The van der Waals surface area contributed by atoms with E-state index in [0.717, 1.165) is 12.8 Å². The molecule has 0 aromatic carbocycles. The Kier molecular flexibility index (Phi) is 8.29. The van der Waals surface area contributed by atoms with Crippen molar-refractivity contribution in [3.05, 3.63) is 0 Å². The third kappa shape index (κ3) is 8.50. The fourth-order valence-corrected chi connectivity index (χ4v) is 1.76. The number of hydrogen-bond acceptors (Lipinski definition) is 2. The van der Waals surface area contributed by atoms with Crippen molar-refractivity contribution in [2.75, 3.05) is 0 Å². The summed E-state index contributed by atoms with van der Waals surface area (Å²) in [6.07, 6.45) is 5.80. The smallest absolute Gasteiger partial charge is 0.256 e. The van der Waals surface area contributed by atoms with Gasteiger partial charge in [0.1, 0.15) is 0 Å². The molecule has 0 N–H and O–H groups in total. The highest BCUT2D eigenvalue weighted by atomic mass is 35.7. The minimum Gasteiger partial charge on any atom is -0.275 e. The largest absolute Gasteiger partial charge is 0.275 e. The summed E-state index contributed by atoms with van der Waals surface area (Å²) in [4.78, 5) is 0. The lowest BCUT2D eigenvalue weighted by atomic mass is 10.1. The predicted molar refractivity (Wildman–Crippen MR) is 53.3 cm³/mol. The molecule has 4 heteroatoms. The molecule has 0 bridgehead atoms. The van der Waals surface area contributed by atoms with Gasteiger partial charge in [-0.05, 0) is 13.3 Å². The van der Waals surface area contributed by atoms with Crippen LogP contribution in [0.4, 0.5) is 0 Å². The zero-order chi connectivity index (χ0) is 9.40. The van der Waals surface area contributed by atoms with Gasteiger partial charge in [-0.25, -0.2) is 4.21 Å². The normalized spacial score (nSPS) is 15.9. The lowest BCUT2D eigenvalue weighted by Gasteiger charge is -2.07. The van der Waals surface area contributed by atoms with Crippen molar-refractivity contribution in [3.8, 4) is 0 Å². The fourth-order valence-electron chi connectivity index (χ4n) is 1.04. The summed E-state index contributed by atoms with van der Waals surface area (Å²) in [6, 6.07) is 0. The molecule has 0 spiro atoms. The maximum atomic E-state index is 10.4. The van der Waals surface area contributed by atoms with Crippen LogP contribution in [0.15, 0.2) is 0 Å². The van der Waals surface area contributed by atoms with Gasteiger partial charge in [0.05, 0.1) is 6.10 Å². The van der Waals surface area contributed by atoms with E-state index >= 15 is 0 Å². The Balaban J connectivity index is 3.19. The molecule has 0 rings (SSSR count). The van der Waals surface area contributed by atoms with Crippen LogP contribution in [0.1, 0.15) is 46.0 Å². The summed E-state index contributed by atoms with van der Waals surface area (Å²) >= 11 is 0. The van der Waals surface area contributed by atoms with E-state index in [-0.39, 0.29) is 6.10 Å². The van der Waals surface area contributed by atoms with E-state index in [1.165, 1.54) is 19.3 Å². The highest BCUT2D eigenvalue weighted by Gasteiger charge is 2.04. The summed E-state index contributed by atoms with van der Waals surface area (Å²) in [7, 11) is 3.53. The van der Waals surface area contributed by atoms with E-state index in [1.54, 1.807) is 0 Å². The van der Waals surface area contributed by atoms with Gasteiger partial charge in [0.25, 0.3) is 10.3 Å². The van der Waals surface area contributed by atoms with Gasteiger partial charge < -0.3 is 0 Å². The molecule has 74 valence electrons. The Morgan fingerprint density at radius 2 is 2.08 bits per heavy atom. The molecule has 0 saturated carbocycles. The molecule has 0 heterocycles. The molecular formula is C8H17ClO2S.